The minimum absolute atomic E-state index is 0.175. The lowest BCUT2D eigenvalue weighted by atomic mass is 9.83. The van der Waals surface area contributed by atoms with Gasteiger partial charge in [0.2, 0.25) is 0 Å². The standard InChI is InChI=1S/C15H23NO2/c1-11(7-8-17-2)15(16)13-9-12-5-3-4-6-14(12)18-10-13/h3-6,11,13,15H,7-10,16H2,1-2H3. The number of fused-ring (bicyclic) bond motifs is 1. The van der Waals surface area contributed by atoms with E-state index < -0.39 is 0 Å². The summed E-state index contributed by atoms with van der Waals surface area (Å²) in [5.41, 5.74) is 7.63. The van der Waals surface area contributed by atoms with Gasteiger partial charge < -0.3 is 15.2 Å². The second-order valence-corrected chi connectivity index (χ2v) is 5.22. The van der Waals surface area contributed by atoms with Gasteiger partial charge in [0.25, 0.3) is 0 Å². The first kappa shape index (κ1) is 13.4. The van der Waals surface area contributed by atoms with Crippen molar-refractivity contribution in [2.45, 2.75) is 25.8 Å². The van der Waals surface area contributed by atoms with Gasteiger partial charge in [-0.05, 0) is 30.4 Å². The zero-order valence-electron chi connectivity index (χ0n) is 11.3. The molecule has 1 aliphatic heterocycles. The molecular weight excluding hydrogens is 226 g/mol. The van der Waals surface area contributed by atoms with Crippen LogP contribution in [0.15, 0.2) is 24.3 Å². The summed E-state index contributed by atoms with van der Waals surface area (Å²) in [4.78, 5) is 0. The van der Waals surface area contributed by atoms with Crippen molar-refractivity contribution in [2.75, 3.05) is 20.3 Å². The Morgan fingerprint density at radius 1 is 1.44 bits per heavy atom. The lowest BCUT2D eigenvalue weighted by Crippen LogP contribution is -2.42. The van der Waals surface area contributed by atoms with Crippen LogP contribution < -0.4 is 10.5 Å². The number of nitrogens with two attached hydrogens (primary N) is 1. The summed E-state index contributed by atoms with van der Waals surface area (Å²) >= 11 is 0. The van der Waals surface area contributed by atoms with E-state index in [9.17, 15) is 0 Å². The van der Waals surface area contributed by atoms with Crippen LogP contribution >= 0.6 is 0 Å². The van der Waals surface area contributed by atoms with Crippen LogP contribution in [0.4, 0.5) is 0 Å². The van der Waals surface area contributed by atoms with Crippen LogP contribution in [-0.4, -0.2) is 26.4 Å². The maximum absolute atomic E-state index is 6.35. The van der Waals surface area contributed by atoms with Gasteiger partial charge in [-0.15, -0.1) is 0 Å². The third kappa shape index (κ3) is 3.03. The van der Waals surface area contributed by atoms with E-state index in [0.717, 1.165) is 31.8 Å². The molecule has 2 N–H and O–H groups in total. The second-order valence-electron chi connectivity index (χ2n) is 5.22. The highest BCUT2D eigenvalue weighted by molar-refractivity contribution is 5.35. The minimum atomic E-state index is 0.175. The maximum Gasteiger partial charge on any atom is 0.122 e. The number of para-hydroxylation sites is 1. The second kappa shape index (κ2) is 6.21. The van der Waals surface area contributed by atoms with Crippen molar-refractivity contribution in [3.05, 3.63) is 29.8 Å². The average molecular weight is 249 g/mol. The Balaban J connectivity index is 1.95. The monoisotopic (exact) mass is 249 g/mol. The summed E-state index contributed by atoms with van der Waals surface area (Å²) in [7, 11) is 1.73. The number of rotatable bonds is 5. The molecule has 3 heteroatoms. The molecule has 0 amide bonds. The van der Waals surface area contributed by atoms with E-state index in [0.29, 0.717) is 11.8 Å². The summed E-state index contributed by atoms with van der Waals surface area (Å²) < 4.78 is 10.9. The summed E-state index contributed by atoms with van der Waals surface area (Å²) in [6.07, 6.45) is 2.03. The number of benzene rings is 1. The fourth-order valence-corrected chi connectivity index (χ4v) is 2.56. The van der Waals surface area contributed by atoms with Crippen LogP contribution in [0.5, 0.6) is 5.75 Å². The highest BCUT2D eigenvalue weighted by Crippen LogP contribution is 2.29. The fraction of sp³-hybridized carbons (Fsp3) is 0.600. The minimum Gasteiger partial charge on any atom is -0.493 e. The third-order valence-electron chi connectivity index (χ3n) is 3.89. The van der Waals surface area contributed by atoms with E-state index in [1.54, 1.807) is 7.11 Å². The normalized spacial score (nSPS) is 21.8. The van der Waals surface area contributed by atoms with Gasteiger partial charge in [-0.2, -0.15) is 0 Å². The van der Waals surface area contributed by atoms with Crippen molar-refractivity contribution in [3.63, 3.8) is 0 Å². The molecule has 0 saturated heterocycles. The van der Waals surface area contributed by atoms with Crippen molar-refractivity contribution in [2.24, 2.45) is 17.6 Å². The third-order valence-corrected chi connectivity index (χ3v) is 3.89. The number of hydrogen-bond acceptors (Lipinski definition) is 3. The molecule has 18 heavy (non-hydrogen) atoms. The largest absolute Gasteiger partial charge is 0.493 e. The van der Waals surface area contributed by atoms with Gasteiger partial charge in [-0.25, -0.2) is 0 Å². The first-order chi connectivity index (χ1) is 8.72. The molecule has 3 nitrogen and oxygen atoms in total. The average Bonchev–Trinajstić information content (AvgIpc) is 2.43. The molecule has 0 radical (unpaired) electrons. The van der Waals surface area contributed by atoms with Crippen LogP contribution in [0, 0.1) is 11.8 Å². The van der Waals surface area contributed by atoms with Gasteiger partial charge in [-0.3, -0.25) is 0 Å². The Hall–Kier alpha value is -1.06. The van der Waals surface area contributed by atoms with Crippen molar-refractivity contribution in [1.29, 1.82) is 0 Å². The van der Waals surface area contributed by atoms with E-state index in [1.165, 1.54) is 5.56 Å². The molecule has 1 aromatic rings. The molecule has 1 heterocycles. The lowest BCUT2D eigenvalue weighted by Gasteiger charge is -2.32. The fourth-order valence-electron chi connectivity index (χ4n) is 2.56. The highest BCUT2D eigenvalue weighted by Gasteiger charge is 2.28. The van der Waals surface area contributed by atoms with Crippen molar-refractivity contribution >= 4 is 0 Å². The molecule has 0 fully saturated rings. The van der Waals surface area contributed by atoms with Crippen LogP contribution in [0.1, 0.15) is 18.9 Å². The van der Waals surface area contributed by atoms with Crippen molar-refractivity contribution in [3.8, 4) is 5.75 Å². The molecule has 0 saturated carbocycles. The van der Waals surface area contributed by atoms with E-state index >= 15 is 0 Å². The Kier molecular flexibility index (Phi) is 4.61. The Morgan fingerprint density at radius 2 is 2.22 bits per heavy atom. The van der Waals surface area contributed by atoms with Crippen LogP contribution in [0.2, 0.25) is 0 Å². The molecule has 3 atom stereocenters. The van der Waals surface area contributed by atoms with Gasteiger partial charge in [0.1, 0.15) is 5.75 Å². The van der Waals surface area contributed by atoms with Gasteiger partial charge in [0, 0.05) is 25.7 Å². The lowest BCUT2D eigenvalue weighted by molar-refractivity contribution is 0.143. The Morgan fingerprint density at radius 3 is 3.00 bits per heavy atom. The number of methoxy groups -OCH3 is 1. The van der Waals surface area contributed by atoms with E-state index in [2.05, 4.69) is 19.1 Å². The van der Waals surface area contributed by atoms with Crippen LogP contribution in [0.25, 0.3) is 0 Å². The number of hydrogen-bond donors (Lipinski definition) is 1. The Bertz CT molecular complexity index is 381. The topological polar surface area (TPSA) is 44.5 Å². The summed E-state index contributed by atoms with van der Waals surface area (Å²) in [6.45, 7) is 3.71. The predicted octanol–water partition coefficient (Wildman–Crippen LogP) is 2.24. The Labute approximate surface area is 109 Å². The zero-order chi connectivity index (χ0) is 13.0. The van der Waals surface area contributed by atoms with Crippen molar-refractivity contribution in [1.82, 2.24) is 0 Å². The maximum atomic E-state index is 6.35. The zero-order valence-corrected chi connectivity index (χ0v) is 11.3. The molecule has 2 rings (SSSR count). The molecule has 1 aromatic carbocycles. The molecule has 100 valence electrons. The van der Waals surface area contributed by atoms with Crippen LogP contribution in [-0.2, 0) is 11.2 Å². The molecule has 0 aliphatic carbocycles. The smallest absolute Gasteiger partial charge is 0.122 e. The summed E-state index contributed by atoms with van der Waals surface area (Å²) in [6, 6.07) is 8.41. The van der Waals surface area contributed by atoms with Gasteiger partial charge in [0.05, 0.1) is 6.61 Å². The molecular formula is C15H23NO2. The predicted molar refractivity (Wildman–Crippen MR) is 72.8 cm³/mol. The first-order valence-corrected chi connectivity index (χ1v) is 6.67. The van der Waals surface area contributed by atoms with Crippen LogP contribution in [0.3, 0.4) is 0 Å². The van der Waals surface area contributed by atoms with Crippen molar-refractivity contribution < 1.29 is 9.47 Å². The van der Waals surface area contributed by atoms with E-state index in [-0.39, 0.29) is 6.04 Å². The molecule has 0 aromatic heterocycles. The number of ether oxygens (including phenoxy) is 2. The van der Waals surface area contributed by atoms with E-state index in [4.69, 9.17) is 15.2 Å². The van der Waals surface area contributed by atoms with Gasteiger partial charge in [0.15, 0.2) is 0 Å². The first-order valence-electron chi connectivity index (χ1n) is 6.67. The van der Waals surface area contributed by atoms with E-state index in [1.807, 2.05) is 12.1 Å². The molecule has 1 aliphatic rings. The highest BCUT2D eigenvalue weighted by atomic mass is 16.5. The van der Waals surface area contributed by atoms with Gasteiger partial charge >= 0.3 is 0 Å². The van der Waals surface area contributed by atoms with Gasteiger partial charge in [-0.1, -0.05) is 25.1 Å². The summed E-state index contributed by atoms with van der Waals surface area (Å²) in [5, 5.41) is 0. The quantitative estimate of drug-likeness (QED) is 0.870. The molecule has 3 unspecified atom stereocenters. The molecule has 0 bridgehead atoms. The molecule has 0 spiro atoms. The summed E-state index contributed by atoms with van der Waals surface area (Å²) in [5.74, 6) is 1.89. The SMILES string of the molecule is COCCC(C)C(N)C1COc2ccccc2C1.